The van der Waals surface area contributed by atoms with Crippen molar-refractivity contribution in [2.24, 2.45) is 0 Å². The number of rotatable bonds is 14. The van der Waals surface area contributed by atoms with Crippen molar-refractivity contribution in [1.29, 1.82) is 0 Å². The number of carbonyl (C=O) groups excluding carboxylic acids is 1. The van der Waals surface area contributed by atoms with E-state index in [1.165, 1.54) is 0 Å². The van der Waals surface area contributed by atoms with E-state index in [-0.39, 0.29) is 5.91 Å². The molecule has 0 radical (unpaired) electrons. The molecule has 0 aliphatic heterocycles. The largest absolute Gasteiger partial charge is 0.493 e. The van der Waals surface area contributed by atoms with Crippen LogP contribution in [-0.4, -0.2) is 33.3 Å². The molecule has 0 spiro atoms. The van der Waals surface area contributed by atoms with Crippen LogP contribution in [0.1, 0.15) is 42.0 Å². The lowest BCUT2D eigenvalue weighted by atomic mass is 10.0. The minimum absolute atomic E-state index is 0.156. The van der Waals surface area contributed by atoms with Crippen molar-refractivity contribution < 1.29 is 23.7 Å². The van der Waals surface area contributed by atoms with Gasteiger partial charge in [-0.3, -0.25) is 4.79 Å². The third-order valence-corrected chi connectivity index (χ3v) is 6.86. The van der Waals surface area contributed by atoms with Crippen LogP contribution in [0.4, 0.5) is 0 Å². The highest BCUT2D eigenvalue weighted by atomic mass is 16.5. The maximum Gasteiger partial charge on any atom is 0.244 e. The number of nitrogens with one attached hydrogen (secondary N) is 1. The lowest BCUT2D eigenvalue weighted by Gasteiger charge is -2.15. The average molecular weight is 554 g/mol. The second-order valence-corrected chi connectivity index (χ2v) is 9.74. The van der Waals surface area contributed by atoms with Crippen molar-refractivity contribution in [3.63, 3.8) is 0 Å². The molecule has 4 rings (SSSR count). The standard InChI is InChI=1S/C35H39NO5/c1-4-29-22-32(39-3)34(41-25-28-13-9-6-10-14-28)23-30(29)16-18-35(37)36-20-19-26-15-17-31(38-2)33(21-26)40-24-27-11-7-5-8-12-27/h5,7-9,11-18,21-23H,4,6,10,19-20,24-25H2,1-3H3,(H,36,37)/b18-16+. The van der Waals surface area contributed by atoms with Gasteiger partial charge >= 0.3 is 0 Å². The van der Waals surface area contributed by atoms with Crippen molar-refractivity contribution in [1.82, 2.24) is 5.32 Å². The van der Waals surface area contributed by atoms with Crippen LogP contribution in [0.25, 0.3) is 6.08 Å². The summed E-state index contributed by atoms with van der Waals surface area (Å²) in [4.78, 5) is 12.7. The monoisotopic (exact) mass is 553 g/mol. The van der Waals surface area contributed by atoms with Gasteiger partial charge in [-0.05, 0) is 83.9 Å². The summed E-state index contributed by atoms with van der Waals surface area (Å²) < 4.78 is 23.2. The maximum atomic E-state index is 12.7. The van der Waals surface area contributed by atoms with Gasteiger partial charge < -0.3 is 24.3 Å². The summed E-state index contributed by atoms with van der Waals surface area (Å²) in [6, 6.07) is 19.8. The summed E-state index contributed by atoms with van der Waals surface area (Å²) in [7, 11) is 3.27. The normalized spacial score (nSPS) is 12.6. The number of ether oxygens (including phenoxy) is 4. The van der Waals surface area contributed by atoms with E-state index >= 15 is 0 Å². The van der Waals surface area contributed by atoms with Crippen molar-refractivity contribution in [2.75, 3.05) is 27.4 Å². The molecule has 41 heavy (non-hydrogen) atoms. The fourth-order valence-corrected chi connectivity index (χ4v) is 4.57. The van der Waals surface area contributed by atoms with Crippen molar-refractivity contribution in [3.8, 4) is 23.0 Å². The Bertz CT molecular complexity index is 1390. The summed E-state index contributed by atoms with van der Waals surface area (Å²) in [6.07, 6.45) is 13.4. The SMILES string of the molecule is CCc1cc(OC)c(OCC2=CCCC=C2)cc1/C=C/C(=O)NCCc1ccc(OC)c(OCc2ccccc2)c1. The Morgan fingerprint density at radius 1 is 0.854 bits per heavy atom. The first kappa shape index (κ1) is 29.5. The number of benzene rings is 3. The number of allylic oxidation sites excluding steroid dienone is 2. The summed E-state index contributed by atoms with van der Waals surface area (Å²) in [5, 5.41) is 2.98. The highest BCUT2D eigenvalue weighted by molar-refractivity contribution is 5.92. The van der Waals surface area contributed by atoms with Gasteiger partial charge in [-0.15, -0.1) is 0 Å². The highest BCUT2D eigenvalue weighted by Crippen LogP contribution is 2.33. The van der Waals surface area contributed by atoms with Gasteiger partial charge in [0.15, 0.2) is 23.0 Å². The average Bonchev–Trinajstić information content (AvgIpc) is 3.02. The van der Waals surface area contributed by atoms with Crippen LogP contribution in [0.15, 0.2) is 90.5 Å². The third-order valence-electron chi connectivity index (χ3n) is 6.86. The molecule has 6 nitrogen and oxygen atoms in total. The predicted octanol–water partition coefficient (Wildman–Crippen LogP) is 6.87. The van der Waals surface area contributed by atoms with E-state index in [4.69, 9.17) is 18.9 Å². The van der Waals surface area contributed by atoms with Gasteiger partial charge in [-0.25, -0.2) is 0 Å². The predicted molar refractivity (Wildman–Crippen MR) is 164 cm³/mol. The van der Waals surface area contributed by atoms with Crippen molar-refractivity contribution in [2.45, 2.75) is 39.2 Å². The van der Waals surface area contributed by atoms with Crippen LogP contribution in [0.2, 0.25) is 0 Å². The van der Waals surface area contributed by atoms with E-state index < -0.39 is 0 Å². The second-order valence-electron chi connectivity index (χ2n) is 9.74. The molecule has 6 heteroatoms. The summed E-state index contributed by atoms with van der Waals surface area (Å²) >= 11 is 0. The first-order chi connectivity index (χ1) is 20.1. The minimum atomic E-state index is -0.156. The zero-order valence-corrected chi connectivity index (χ0v) is 24.2. The van der Waals surface area contributed by atoms with Gasteiger partial charge in [0, 0.05) is 12.6 Å². The lowest BCUT2D eigenvalue weighted by Crippen LogP contribution is -2.23. The van der Waals surface area contributed by atoms with E-state index in [9.17, 15) is 4.79 Å². The molecule has 214 valence electrons. The van der Waals surface area contributed by atoms with Gasteiger partial charge in [0.1, 0.15) is 13.2 Å². The van der Waals surface area contributed by atoms with Crippen LogP contribution < -0.4 is 24.3 Å². The minimum Gasteiger partial charge on any atom is -0.493 e. The van der Waals surface area contributed by atoms with Gasteiger partial charge in [-0.2, -0.15) is 0 Å². The molecule has 0 saturated heterocycles. The molecule has 1 aliphatic rings. The Morgan fingerprint density at radius 2 is 1.63 bits per heavy atom. The van der Waals surface area contributed by atoms with Gasteiger partial charge in [0.25, 0.3) is 0 Å². The molecule has 1 N–H and O–H groups in total. The number of amides is 1. The van der Waals surface area contributed by atoms with E-state index in [1.807, 2.05) is 66.7 Å². The van der Waals surface area contributed by atoms with Gasteiger partial charge in [-0.1, -0.05) is 61.5 Å². The molecule has 0 fully saturated rings. The lowest BCUT2D eigenvalue weighted by molar-refractivity contribution is -0.116. The summed E-state index contributed by atoms with van der Waals surface area (Å²) in [5.41, 5.74) is 5.30. The Labute approximate surface area is 243 Å². The summed E-state index contributed by atoms with van der Waals surface area (Å²) in [6.45, 7) is 3.51. The van der Waals surface area contributed by atoms with Crippen LogP contribution in [0, 0.1) is 0 Å². The molecule has 1 amide bonds. The van der Waals surface area contributed by atoms with E-state index in [0.717, 1.165) is 47.1 Å². The summed E-state index contributed by atoms with van der Waals surface area (Å²) in [5.74, 6) is 2.56. The molecule has 0 heterocycles. The highest BCUT2D eigenvalue weighted by Gasteiger charge is 2.11. The fraction of sp³-hybridized carbons (Fsp3) is 0.286. The maximum absolute atomic E-state index is 12.7. The molecule has 3 aromatic carbocycles. The Hall–Kier alpha value is -4.45. The molecule has 0 aromatic heterocycles. The molecule has 0 bridgehead atoms. The fourth-order valence-electron chi connectivity index (χ4n) is 4.57. The second kappa shape index (κ2) is 15.4. The van der Waals surface area contributed by atoms with Crippen LogP contribution in [0.5, 0.6) is 23.0 Å². The number of aryl methyl sites for hydroxylation is 1. The zero-order chi connectivity index (χ0) is 28.9. The number of hydrogen-bond donors (Lipinski definition) is 1. The number of carbonyl (C=O) groups is 1. The molecule has 0 unspecified atom stereocenters. The van der Waals surface area contributed by atoms with Crippen LogP contribution >= 0.6 is 0 Å². The van der Waals surface area contributed by atoms with Crippen molar-refractivity contribution in [3.05, 3.63) is 113 Å². The van der Waals surface area contributed by atoms with Crippen LogP contribution in [0.3, 0.4) is 0 Å². The first-order valence-electron chi connectivity index (χ1n) is 14.1. The molecule has 1 aliphatic carbocycles. The number of methoxy groups -OCH3 is 2. The van der Waals surface area contributed by atoms with E-state index in [0.29, 0.717) is 49.2 Å². The molecular weight excluding hydrogens is 514 g/mol. The van der Waals surface area contributed by atoms with Gasteiger partial charge in [0.2, 0.25) is 5.91 Å². The Kier molecular flexibility index (Phi) is 11.1. The number of hydrogen-bond acceptors (Lipinski definition) is 5. The smallest absolute Gasteiger partial charge is 0.244 e. The van der Waals surface area contributed by atoms with E-state index in [1.54, 1.807) is 20.3 Å². The van der Waals surface area contributed by atoms with Gasteiger partial charge in [0.05, 0.1) is 14.2 Å². The Balaban J connectivity index is 1.34. The van der Waals surface area contributed by atoms with Crippen molar-refractivity contribution >= 4 is 12.0 Å². The third kappa shape index (κ3) is 8.77. The molecule has 3 aromatic rings. The van der Waals surface area contributed by atoms with Crippen LogP contribution in [-0.2, 0) is 24.2 Å². The molecule has 0 saturated carbocycles. The molecular formula is C35H39NO5. The quantitative estimate of drug-likeness (QED) is 0.221. The Morgan fingerprint density at radius 3 is 2.37 bits per heavy atom. The first-order valence-corrected chi connectivity index (χ1v) is 14.1. The zero-order valence-electron chi connectivity index (χ0n) is 24.2. The van der Waals surface area contributed by atoms with E-state index in [2.05, 4.69) is 30.5 Å². The topological polar surface area (TPSA) is 66.0 Å². The molecule has 0 atom stereocenters.